The molecule has 1 spiro atoms. The molecule has 1 aromatic carbocycles. The Hall–Kier alpha value is -0.610. The van der Waals surface area contributed by atoms with Gasteiger partial charge in [0.25, 0.3) is 0 Å². The first kappa shape index (κ1) is 14.3. The van der Waals surface area contributed by atoms with E-state index in [1.165, 1.54) is 32.1 Å². The van der Waals surface area contributed by atoms with Crippen molar-refractivity contribution >= 4 is 21.6 Å². The molecule has 1 aromatic rings. The Morgan fingerprint density at radius 3 is 2.70 bits per heavy atom. The third-order valence-electron chi connectivity index (χ3n) is 4.68. The summed E-state index contributed by atoms with van der Waals surface area (Å²) < 4.78 is 14.0. The Morgan fingerprint density at radius 2 is 1.95 bits per heavy atom. The number of benzene rings is 1. The van der Waals surface area contributed by atoms with Gasteiger partial charge in [-0.1, -0.05) is 19.3 Å². The van der Waals surface area contributed by atoms with E-state index < -0.39 is 0 Å². The summed E-state index contributed by atoms with van der Waals surface area (Å²) in [5.41, 5.74) is 1.40. The second-order valence-electron chi connectivity index (χ2n) is 6.14. The van der Waals surface area contributed by atoms with E-state index in [4.69, 9.17) is 0 Å². The summed E-state index contributed by atoms with van der Waals surface area (Å²) in [6.07, 6.45) is 7.71. The number of hydrogen-bond acceptors (Lipinski definition) is 2. The molecule has 0 unspecified atom stereocenters. The van der Waals surface area contributed by atoms with Crippen LogP contribution in [0, 0.1) is 5.82 Å². The van der Waals surface area contributed by atoms with Crippen molar-refractivity contribution in [1.82, 2.24) is 5.32 Å². The summed E-state index contributed by atoms with van der Waals surface area (Å²) >= 11 is 3.30. The Balaban J connectivity index is 1.82. The third-order valence-corrected chi connectivity index (χ3v) is 5.29. The van der Waals surface area contributed by atoms with Crippen LogP contribution in [0.4, 0.5) is 10.1 Å². The summed E-state index contributed by atoms with van der Waals surface area (Å²) in [6.45, 7) is 3.19. The zero-order valence-electron chi connectivity index (χ0n) is 11.8. The second-order valence-corrected chi connectivity index (χ2v) is 7.00. The number of anilines is 1. The quantitative estimate of drug-likeness (QED) is 0.828. The molecule has 3 rings (SSSR count). The van der Waals surface area contributed by atoms with E-state index in [0.717, 1.165) is 31.7 Å². The normalized spacial score (nSPS) is 22.8. The van der Waals surface area contributed by atoms with Gasteiger partial charge in [-0.25, -0.2) is 4.39 Å². The van der Waals surface area contributed by atoms with Crippen LogP contribution >= 0.6 is 15.9 Å². The van der Waals surface area contributed by atoms with Crippen molar-refractivity contribution in [2.45, 2.75) is 44.1 Å². The lowest BCUT2D eigenvalue weighted by Crippen LogP contribution is -2.52. The van der Waals surface area contributed by atoms with Gasteiger partial charge in [0.15, 0.2) is 0 Å². The van der Waals surface area contributed by atoms with Crippen LogP contribution in [0.2, 0.25) is 0 Å². The van der Waals surface area contributed by atoms with Gasteiger partial charge in [-0.15, -0.1) is 0 Å². The molecular weight excluding hydrogens is 319 g/mol. The predicted molar refractivity (Wildman–Crippen MR) is 84.7 cm³/mol. The number of nitrogens with zero attached hydrogens (tertiary/aromatic N) is 1. The zero-order valence-corrected chi connectivity index (χ0v) is 13.4. The van der Waals surface area contributed by atoms with E-state index in [2.05, 4.69) is 26.1 Å². The van der Waals surface area contributed by atoms with Crippen molar-refractivity contribution < 1.29 is 4.39 Å². The van der Waals surface area contributed by atoms with Gasteiger partial charge in [0.2, 0.25) is 0 Å². The molecule has 2 aliphatic rings. The van der Waals surface area contributed by atoms with Crippen molar-refractivity contribution in [2.75, 3.05) is 24.5 Å². The second kappa shape index (κ2) is 6.02. The van der Waals surface area contributed by atoms with E-state index in [0.29, 0.717) is 4.47 Å². The van der Waals surface area contributed by atoms with Crippen LogP contribution < -0.4 is 10.2 Å². The predicted octanol–water partition coefficient (Wildman–Crippen LogP) is 4.09. The molecule has 1 saturated carbocycles. The molecule has 1 N–H and O–H groups in total. The Labute approximate surface area is 128 Å². The lowest BCUT2D eigenvalue weighted by Gasteiger charge is -2.40. The fourth-order valence-corrected chi connectivity index (χ4v) is 3.96. The SMILES string of the molecule is Fc1ccc(N2CCCNC3(CCCCC3)C2)cc1Br. The fourth-order valence-electron chi connectivity index (χ4n) is 3.59. The molecule has 1 saturated heterocycles. The maximum Gasteiger partial charge on any atom is 0.137 e. The first-order chi connectivity index (χ1) is 9.69. The molecule has 2 fully saturated rings. The number of hydrogen-bond donors (Lipinski definition) is 1. The summed E-state index contributed by atoms with van der Waals surface area (Å²) in [5.74, 6) is -0.186. The van der Waals surface area contributed by atoms with Crippen molar-refractivity contribution in [2.24, 2.45) is 0 Å². The van der Waals surface area contributed by atoms with E-state index >= 15 is 0 Å². The van der Waals surface area contributed by atoms with Crippen LogP contribution in [-0.4, -0.2) is 25.2 Å². The van der Waals surface area contributed by atoms with Crippen LogP contribution in [-0.2, 0) is 0 Å². The van der Waals surface area contributed by atoms with Gasteiger partial charge in [0.1, 0.15) is 5.82 Å². The summed E-state index contributed by atoms with van der Waals surface area (Å²) in [6, 6.07) is 5.38. The van der Waals surface area contributed by atoms with Crippen LogP contribution in [0.25, 0.3) is 0 Å². The van der Waals surface area contributed by atoms with Crippen LogP contribution in [0.1, 0.15) is 38.5 Å². The Bertz CT molecular complexity index is 472. The van der Waals surface area contributed by atoms with Crippen molar-refractivity contribution in [3.05, 3.63) is 28.5 Å². The molecule has 0 aromatic heterocycles. The van der Waals surface area contributed by atoms with Crippen LogP contribution in [0.15, 0.2) is 22.7 Å². The number of halogens is 2. The van der Waals surface area contributed by atoms with Gasteiger partial charge in [-0.05, 0) is 59.9 Å². The minimum absolute atomic E-state index is 0.186. The molecule has 2 nitrogen and oxygen atoms in total. The van der Waals surface area contributed by atoms with E-state index in [-0.39, 0.29) is 11.4 Å². The van der Waals surface area contributed by atoms with Crippen molar-refractivity contribution in [1.29, 1.82) is 0 Å². The highest BCUT2D eigenvalue weighted by molar-refractivity contribution is 9.10. The molecule has 0 amide bonds. The third kappa shape index (κ3) is 3.01. The maximum atomic E-state index is 13.4. The van der Waals surface area contributed by atoms with Gasteiger partial charge in [0, 0.05) is 24.3 Å². The first-order valence-electron chi connectivity index (χ1n) is 7.64. The topological polar surface area (TPSA) is 15.3 Å². The highest BCUT2D eigenvalue weighted by Crippen LogP contribution is 2.33. The van der Waals surface area contributed by atoms with Gasteiger partial charge >= 0.3 is 0 Å². The minimum Gasteiger partial charge on any atom is -0.370 e. The first-order valence-corrected chi connectivity index (χ1v) is 8.43. The molecule has 110 valence electrons. The maximum absolute atomic E-state index is 13.4. The summed E-state index contributed by atoms with van der Waals surface area (Å²) in [7, 11) is 0. The van der Waals surface area contributed by atoms with Crippen LogP contribution in [0.5, 0.6) is 0 Å². The van der Waals surface area contributed by atoms with Crippen molar-refractivity contribution in [3.63, 3.8) is 0 Å². The van der Waals surface area contributed by atoms with Crippen LogP contribution in [0.3, 0.4) is 0 Å². The van der Waals surface area contributed by atoms with E-state index in [9.17, 15) is 4.39 Å². The minimum atomic E-state index is -0.186. The summed E-state index contributed by atoms with van der Waals surface area (Å²) in [4.78, 5) is 2.43. The molecule has 1 heterocycles. The molecule has 0 atom stereocenters. The van der Waals surface area contributed by atoms with Crippen molar-refractivity contribution in [3.8, 4) is 0 Å². The molecule has 1 aliphatic carbocycles. The Morgan fingerprint density at radius 1 is 1.15 bits per heavy atom. The monoisotopic (exact) mass is 340 g/mol. The molecule has 0 radical (unpaired) electrons. The average Bonchev–Trinajstić information content (AvgIpc) is 2.66. The molecule has 4 heteroatoms. The lowest BCUT2D eigenvalue weighted by molar-refractivity contribution is 0.246. The summed E-state index contributed by atoms with van der Waals surface area (Å²) in [5, 5.41) is 3.80. The highest BCUT2D eigenvalue weighted by Gasteiger charge is 2.35. The number of rotatable bonds is 1. The van der Waals surface area contributed by atoms with E-state index in [1.54, 1.807) is 6.07 Å². The largest absolute Gasteiger partial charge is 0.370 e. The lowest BCUT2D eigenvalue weighted by atomic mass is 9.81. The Kier molecular flexibility index (Phi) is 4.32. The molecule has 0 bridgehead atoms. The van der Waals surface area contributed by atoms with Gasteiger partial charge in [0.05, 0.1) is 4.47 Å². The zero-order chi connectivity index (χ0) is 14.0. The molecule has 20 heavy (non-hydrogen) atoms. The smallest absolute Gasteiger partial charge is 0.137 e. The molecule has 1 aliphatic heterocycles. The number of nitrogens with one attached hydrogen (secondary N) is 1. The van der Waals surface area contributed by atoms with Gasteiger partial charge in [-0.3, -0.25) is 0 Å². The molecular formula is C16H22BrFN2. The van der Waals surface area contributed by atoms with Gasteiger partial charge < -0.3 is 10.2 Å². The van der Waals surface area contributed by atoms with E-state index in [1.807, 2.05) is 12.1 Å². The highest BCUT2D eigenvalue weighted by atomic mass is 79.9. The fraction of sp³-hybridized carbons (Fsp3) is 0.625. The standard InChI is InChI=1S/C16H22BrFN2/c17-14-11-13(5-6-15(14)18)20-10-4-9-19-16(12-20)7-2-1-3-8-16/h5-6,11,19H,1-4,7-10,12H2. The van der Waals surface area contributed by atoms with Gasteiger partial charge in [-0.2, -0.15) is 0 Å². The average molecular weight is 341 g/mol.